The van der Waals surface area contributed by atoms with Crippen molar-refractivity contribution in [3.05, 3.63) is 30.5 Å². The van der Waals surface area contributed by atoms with Gasteiger partial charge in [-0.2, -0.15) is 5.26 Å². The smallest absolute Gasteiger partial charge is 0.0655 e. The Kier molecular flexibility index (Phi) is 3.16. The quantitative estimate of drug-likeness (QED) is 0.887. The lowest BCUT2D eigenvalue weighted by Gasteiger charge is -2.26. The van der Waals surface area contributed by atoms with Gasteiger partial charge >= 0.3 is 0 Å². The summed E-state index contributed by atoms with van der Waals surface area (Å²) < 4.78 is 2.17. The lowest BCUT2D eigenvalue weighted by atomic mass is 9.87. The van der Waals surface area contributed by atoms with Crippen LogP contribution >= 0.6 is 0 Å². The molecular weight excluding hydrogens is 234 g/mol. The average Bonchev–Trinajstić information content (AvgIpc) is 2.77. The third-order valence-electron chi connectivity index (χ3n) is 4.17. The first-order chi connectivity index (χ1) is 9.28. The molecule has 2 aromatic rings. The number of nitrogens with one attached hydrogen (secondary N) is 1. The van der Waals surface area contributed by atoms with Crippen molar-refractivity contribution in [2.24, 2.45) is 13.0 Å². The van der Waals surface area contributed by atoms with Crippen LogP contribution in [0.25, 0.3) is 10.9 Å². The summed E-state index contributed by atoms with van der Waals surface area (Å²) in [5.41, 5.74) is 2.48. The third kappa shape index (κ3) is 2.31. The van der Waals surface area contributed by atoms with E-state index in [2.05, 4.69) is 53.5 Å². The number of hydrogen-bond donors (Lipinski definition) is 1. The Morgan fingerprint density at radius 1 is 1.21 bits per heavy atom. The molecule has 19 heavy (non-hydrogen) atoms. The second-order valence-electron chi connectivity index (χ2n) is 5.49. The lowest BCUT2D eigenvalue weighted by Crippen LogP contribution is -2.25. The highest BCUT2D eigenvalue weighted by atomic mass is 15.0. The molecule has 0 unspecified atom stereocenters. The summed E-state index contributed by atoms with van der Waals surface area (Å²) in [6.45, 7) is 0. The number of hydrogen-bond acceptors (Lipinski definition) is 2. The molecule has 1 aromatic carbocycles. The number of nitriles is 1. The predicted molar refractivity (Wildman–Crippen MR) is 77.9 cm³/mol. The maximum Gasteiger partial charge on any atom is 0.0655 e. The largest absolute Gasteiger partial charge is 0.381 e. The van der Waals surface area contributed by atoms with Crippen LogP contribution in [0.5, 0.6) is 0 Å². The van der Waals surface area contributed by atoms with E-state index in [1.54, 1.807) is 0 Å². The van der Waals surface area contributed by atoms with Gasteiger partial charge in [-0.15, -0.1) is 0 Å². The average molecular weight is 253 g/mol. The van der Waals surface area contributed by atoms with Gasteiger partial charge in [-0.1, -0.05) is 18.2 Å². The number of fused-ring (bicyclic) bond motifs is 1. The molecule has 3 heteroatoms. The van der Waals surface area contributed by atoms with Gasteiger partial charge in [0.15, 0.2) is 0 Å². The van der Waals surface area contributed by atoms with Crippen LogP contribution in [0.15, 0.2) is 30.5 Å². The maximum atomic E-state index is 8.94. The fourth-order valence-electron chi connectivity index (χ4n) is 3.04. The Bertz CT molecular complexity index is 612. The summed E-state index contributed by atoms with van der Waals surface area (Å²) in [5.74, 6) is 0.269. The monoisotopic (exact) mass is 253 g/mol. The molecule has 3 nitrogen and oxygen atoms in total. The van der Waals surface area contributed by atoms with E-state index in [0.717, 1.165) is 25.7 Å². The fraction of sp³-hybridized carbons (Fsp3) is 0.438. The normalized spacial score (nSPS) is 23.2. The van der Waals surface area contributed by atoms with E-state index in [1.807, 2.05) is 0 Å². The summed E-state index contributed by atoms with van der Waals surface area (Å²) in [4.78, 5) is 0. The standard InChI is InChI=1S/C16H19N3/c1-19-11-15(14-4-2-3-5-16(14)19)18-13-8-6-12(10-17)7-9-13/h2-5,11-13,18H,6-9H2,1H3. The summed E-state index contributed by atoms with van der Waals surface area (Å²) in [6.07, 6.45) is 6.42. The molecule has 0 saturated heterocycles. The Balaban J connectivity index is 1.78. The summed E-state index contributed by atoms with van der Waals surface area (Å²) in [7, 11) is 2.08. The molecule has 0 amide bonds. The van der Waals surface area contributed by atoms with Crippen LogP contribution < -0.4 is 5.32 Å². The highest BCUT2D eigenvalue weighted by molar-refractivity contribution is 5.93. The van der Waals surface area contributed by atoms with Crippen LogP contribution in [0.1, 0.15) is 25.7 Å². The van der Waals surface area contributed by atoms with Gasteiger partial charge in [-0.25, -0.2) is 0 Å². The van der Waals surface area contributed by atoms with Crippen molar-refractivity contribution < 1.29 is 0 Å². The molecule has 1 heterocycles. The first kappa shape index (κ1) is 12.1. The molecule has 3 rings (SSSR count). The highest BCUT2D eigenvalue weighted by Gasteiger charge is 2.21. The van der Waals surface area contributed by atoms with Gasteiger partial charge in [-0.3, -0.25) is 0 Å². The Morgan fingerprint density at radius 3 is 2.68 bits per heavy atom. The summed E-state index contributed by atoms with van der Waals surface area (Å²) in [5, 5.41) is 13.9. The van der Waals surface area contributed by atoms with Gasteiger partial charge in [-0.05, 0) is 31.7 Å². The molecule has 0 aliphatic heterocycles. The van der Waals surface area contributed by atoms with Gasteiger partial charge in [0.1, 0.15) is 0 Å². The zero-order chi connectivity index (χ0) is 13.2. The minimum absolute atomic E-state index is 0.269. The van der Waals surface area contributed by atoms with E-state index in [1.165, 1.54) is 16.6 Å². The molecular formula is C16H19N3. The van der Waals surface area contributed by atoms with E-state index in [-0.39, 0.29) is 5.92 Å². The van der Waals surface area contributed by atoms with Crippen molar-refractivity contribution in [3.8, 4) is 6.07 Å². The number of anilines is 1. The first-order valence-corrected chi connectivity index (χ1v) is 6.98. The molecule has 0 radical (unpaired) electrons. The van der Waals surface area contributed by atoms with E-state index in [9.17, 15) is 0 Å². The SMILES string of the molecule is Cn1cc(NC2CCC(C#N)CC2)c2ccccc21. The van der Waals surface area contributed by atoms with Gasteiger partial charge < -0.3 is 9.88 Å². The van der Waals surface area contributed by atoms with Crippen molar-refractivity contribution in [2.45, 2.75) is 31.7 Å². The molecule has 98 valence electrons. The maximum absolute atomic E-state index is 8.94. The Morgan fingerprint density at radius 2 is 1.95 bits per heavy atom. The molecule has 0 atom stereocenters. The number of aryl methyl sites for hydroxylation is 1. The van der Waals surface area contributed by atoms with Gasteiger partial charge in [0.2, 0.25) is 0 Å². The van der Waals surface area contributed by atoms with Gasteiger partial charge in [0.05, 0.1) is 11.8 Å². The number of benzene rings is 1. The minimum Gasteiger partial charge on any atom is -0.381 e. The number of rotatable bonds is 2. The van der Waals surface area contributed by atoms with E-state index >= 15 is 0 Å². The van der Waals surface area contributed by atoms with Crippen LogP contribution in [-0.2, 0) is 7.05 Å². The molecule has 1 aliphatic carbocycles. The van der Waals surface area contributed by atoms with Crippen LogP contribution in [0.3, 0.4) is 0 Å². The molecule has 1 aliphatic rings. The van der Waals surface area contributed by atoms with Crippen LogP contribution in [0.2, 0.25) is 0 Å². The van der Waals surface area contributed by atoms with E-state index in [0.29, 0.717) is 6.04 Å². The zero-order valence-corrected chi connectivity index (χ0v) is 11.3. The second-order valence-corrected chi connectivity index (χ2v) is 5.49. The molecule has 1 N–H and O–H groups in total. The lowest BCUT2D eigenvalue weighted by molar-refractivity contribution is 0.397. The van der Waals surface area contributed by atoms with Crippen molar-refractivity contribution >= 4 is 16.6 Å². The first-order valence-electron chi connectivity index (χ1n) is 6.98. The Hall–Kier alpha value is -1.95. The Labute approximate surface area is 113 Å². The van der Waals surface area contributed by atoms with Crippen LogP contribution in [0.4, 0.5) is 5.69 Å². The second kappa shape index (κ2) is 4.97. The fourth-order valence-corrected chi connectivity index (χ4v) is 3.04. The van der Waals surface area contributed by atoms with Gasteiger partial charge in [0, 0.05) is 36.1 Å². The molecule has 0 spiro atoms. The summed E-state index contributed by atoms with van der Waals surface area (Å²) in [6, 6.07) is 11.4. The van der Waals surface area contributed by atoms with Gasteiger partial charge in [0.25, 0.3) is 0 Å². The number of para-hydroxylation sites is 1. The van der Waals surface area contributed by atoms with E-state index in [4.69, 9.17) is 5.26 Å². The topological polar surface area (TPSA) is 40.8 Å². The number of aromatic nitrogens is 1. The predicted octanol–water partition coefficient (Wildman–Crippen LogP) is 3.67. The molecule has 0 bridgehead atoms. The van der Waals surface area contributed by atoms with E-state index < -0.39 is 0 Å². The van der Waals surface area contributed by atoms with Crippen molar-refractivity contribution in [1.82, 2.24) is 4.57 Å². The third-order valence-corrected chi connectivity index (χ3v) is 4.17. The molecule has 1 aromatic heterocycles. The van der Waals surface area contributed by atoms with Crippen molar-refractivity contribution in [3.63, 3.8) is 0 Å². The number of nitrogens with zero attached hydrogens (tertiary/aromatic N) is 2. The van der Waals surface area contributed by atoms with Crippen LogP contribution in [-0.4, -0.2) is 10.6 Å². The zero-order valence-electron chi connectivity index (χ0n) is 11.3. The molecule has 1 fully saturated rings. The summed E-state index contributed by atoms with van der Waals surface area (Å²) >= 11 is 0. The van der Waals surface area contributed by atoms with Crippen molar-refractivity contribution in [2.75, 3.05) is 5.32 Å². The van der Waals surface area contributed by atoms with Crippen molar-refractivity contribution in [1.29, 1.82) is 5.26 Å². The van der Waals surface area contributed by atoms with Crippen LogP contribution in [0, 0.1) is 17.2 Å². The highest BCUT2D eigenvalue weighted by Crippen LogP contribution is 2.30. The minimum atomic E-state index is 0.269. The molecule has 1 saturated carbocycles.